The van der Waals surface area contributed by atoms with Gasteiger partial charge in [-0.3, -0.25) is 0 Å². The van der Waals surface area contributed by atoms with Crippen LogP contribution in [-0.4, -0.2) is 0 Å². The highest BCUT2D eigenvalue weighted by molar-refractivity contribution is 6.92. The van der Waals surface area contributed by atoms with Crippen LogP contribution < -0.4 is 0 Å². The maximum absolute atomic E-state index is 5.54. The van der Waals surface area contributed by atoms with Crippen LogP contribution in [0.4, 0.5) is 0 Å². The van der Waals surface area contributed by atoms with Crippen molar-refractivity contribution in [2.75, 3.05) is 0 Å². The minimum absolute atomic E-state index is 0. The third-order valence-electron chi connectivity index (χ3n) is 0.733. The van der Waals surface area contributed by atoms with E-state index in [1.807, 2.05) is 30.3 Å². The molecule has 0 amide bonds. The standard InChI is InChI=1S/C6H5Cl.2ClH.H3P/c7-6-4-2-1-3-5-6;;;/h1-5H;2*1H;1H3. The molecule has 1 atom stereocenters. The summed E-state index contributed by atoms with van der Waals surface area (Å²) >= 11 is 5.54. The summed E-state index contributed by atoms with van der Waals surface area (Å²) in [6.45, 7) is 0. The molecule has 4 heteroatoms. The predicted octanol–water partition coefficient (Wildman–Crippen LogP) is 3.24. The summed E-state index contributed by atoms with van der Waals surface area (Å²) in [6.07, 6.45) is 0. The van der Waals surface area contributed by atoms with Gasteiger partial charge < -0.3 is 0 Å². The van der Waals surface area contributed by atoms with Crippen molar-refractivity contribution in [3.63, 3.8) is 0 Å². The van der Waals surface area contributed by atoms with Crippen molar-refractivity contribution in [2.24, 2.45) is 0 Å². The van der Waals surface area contributed by atoms with Crippen LogP contribution in [0.3, 0.4) is 0 Å². The molecule has 0 aliphatic carbocycles. The van der Waals surface area contributed by atoms with Crippen molar-refractivity contribution in [3.8, 4) is 0 Å². The molecule has 0 spiro atoms. The lowest BCUT2D eigenvalue weighted by molar-refractivity contribution is 1.71. The monoisotopic (exact) mass is 218 g/mol. The summed E-state index contributed by atoms with van der Waals surface area (Å²) in [6, 6.07) is 9.44. The summed E-state index contributed by atoms with van der Waals surface area (Å²) in [7, 11) is 0. The summed E-state index contributed by atoms with van der Waals surface area (Å²) < 4.78 is 0. The van der Waals surface area contributed by atoms with Gasteiger partial charge in [0.2, 0.25) is 0 Å². The first-order valence-electron chi connectivity index (χ1n) is 2.10. The van der Waals surface area contributed by atoms with E-state index in [4.69, 9.17) is 11.6 Å². The number of rotatable bonds is 0. The average Bonchev–Trinajstić information content (AvgIpc) is 1.69. The van der Waals surface area contributed by atoms with Gasteiger partial charge in [-0.15, -0.1) is 24.8 Å². The van der Waals surface area contributed by atoms with Crippen LogP contribution >= 0.6 is 46.3 Å². The van der Waals surface area contributed by atoms with E-state index in [2.05, 4.69) is 0 Å². The summed E-state index contributed by atoms with van der Waals surface area (Å²) in [4.78, 5) is 0. The van der Waals surface area contributed by atoms with Gasteiger partial charge in [-0.05, 0) is 12.1 Å². The topological polar surface area (TPSA) is 0 Å². The Hall–Kier alpha value is 0.520. The highest BCUT2D eigenvalue weighted by Crippen LogP contribution is 2.03. The van der Waals surface area contributed by atoms with E-state index >= 15 is 0 Å². The van der Waals surface area contributed by atoms with Crippen molar-refractivity contribution in [3.05, 3.63) is 35.4 Å². The lowest BCUT2D eigenvalue weighted by Crippen LogP contribution is -1.55. The van der Waals surface area contributed by atoms with Crippen LogP contribution in [0, 0.1) is 0 Å². The second kappa shape index (κ2) is 9.52. The maximum Gasteiger partial charge on any atom is 0.0405 e. The van der Waals surface area contributed by atoms with E-state index in [0.717, 1.165) is 5.02 Å². The first-order chi connectivity index (χ1) is 3.39. The third kappa shape index (κ3) is 6.64. The molecule has 0 aliphatic heterocycles. The molecule has 1 unspecified atom stereocenters. The zero-order valence-corrected chi connectivity index (χ0v) is 9.09. The molecule has 60 valence electrons. The SMILES string of the molecule is Cl.Cl.Clc1ccccc1.P. The molecule has 0 radical (unpaired) electrons. The largest absolute Gasteiger partial charge is 0.153 e. The van der Waals surface area contributed by atoms with Crippen LogP contribution in [-0.2, 0) is 0 Å². The molecule has 0 N–H and O–H groups in total. The van der Waals surface area contributed by atoms with E-state index in [9.17, 15) is 0 Å². The summed E-state index contributed by atoms with van der Waals surface area (Å²) in [5.74, 6) is 0. The van der Waals surface area contributed by atoms with Crippen molar-refractivity contribution in [1.29, 1.82) is 0 Å². The van der Waals surface area contributed by atoms with Crippen LogP contribution in [0.25, 0.3) is 0 Å². The third-order valence-corrected chi connectivity index (χ3v) is 0.985. The predicted molar refractivity (Wildman–Crippen MR) is 57.1 cm³/mol. The van der Waals surface area contributed by atoms with E-state index < -0.39 is 0 Å². The molecular weight excluding hydrogens is 209 g/mol. The number of hydrogen-bond acceptors (Lipinski definition) is 0. The lowest BCUT2D eigenvalue weighted by Gasteiger charge is -1.80. The van der Waals surface area contributed by atoms with Crippen molar-refractivity contribution in [1.82, 2.24) is 0 Å². The lowest BCUT2D eigenvalue weighted by atomic mass is 10.4. The van der Waals surface area contributed by atoms with Crippen LogP contribution in [0.5, 0.6) is 0 Å². The van der Waals surface area contributed by atoms with Crippen LogP contribution in [0.15, 0.2) is 30.3 Å². The van der Waals surface area contributed by atoms with Gasteiger partial charge in [0.25, 0.3) is 0 Å². The van der Waals surface area contributed by atoms with Gasteiger partial charge in [-0.25, -0.2) is 0 Å². The highest BCUT2D eigenvalue weighted by atomic mass is 35.5. The smallest absolute Gasteiger partial charge is 0.0405 e. The fourth-order valence-electron chi connectivity index (χ4n) is 0.415. The Kier molecular flexibility index (Phi) is 16.1. The molecule has 1 aromatic carbocycles. The van der Waals surface area contributed by atoms with Crippen LogP contribution in [0.2, 0.25) is 5.02 Å². The molecule has 10 heavy (non-hydrogen) atoms. The molecule has 0 bridgehead atoms. The highest BCUT2D eigenvalue weighted by Gasteiger charge is 1.74. The molecule has 0 heterocycles. The van der Waals surface area contributed by atoms with E-state index in [0.29, 0.717) is 0 Å². The van der Waals surface area contributed by atoms with E-state index in [1.165, 1.54) is 0 Å². The number of benzene rings is 1. The van der Waals surface area contributed by atoms with Gasteiger partial charge in [0.15, 0.2) is 0 Å². The maximum atomic E-state index is 5.54. The molecule has 1 rings (SSSR count). The Bertz CT molecular complexity index is 143. The van der Waals surface area contributed by atoms with E-state index in [-0.39, 0.29) is 34.7 Å². The Labute approximate surface area is 81.8 Å². The van der Waals surface area contributed by atoms with Gasteiger partial charge in [-0.2, -0.15) is 9.90 Å². The normalized spacial score (nSPS) is 6.10. The molecule has 1 aromatic rings. The molecule has 0 aliphatic rings. The molecular formula is C6H10Cl3P. The summed E-state index contributed by atoms with van der Waals surface area (Å²) in [5.41, 5.74) is 0. The molecule has 0 nitrogen and oxygen atoms in total. The first-order valence-corrected chi connectivity index (χ1v) is 2.48. The van der Waals surface area contributed by atoms with Crippen molar-refractivity contribution >= 4 is 46.3 Å². The fourth-order valence-corrected chi connectivity index (χ4v) is 0.560. The van der Waals surface area contributed by atoms with Crippen LogP contribution in [0.1, 0.15) is 0 Å². The minimum Gasteiger partial charge on any atom is -0.153 e. The first kappa shape index (κ1) is 16.9. The molecule has 0 fully saturated rings. The average molecular weight is 219 g/mol. The Morgan fingerprint density at radius 2 is 1.30 bits per heavy atom. The summed E-state index contributed by atoms with van der Waals surface area (Å²) in [5, 5.41) is 0.794. The Morgan fingerprint density at radius 3 is 1.50 bits per heavy atom. The quantitative estimate of drug-likeness (QED) is 0.588. The molecule has 0 aromatic heterocycles. The fraction of sp³-hybridized carbons (Fsp3) is 0. The minimum atomic E-state index is 0. The van der Waals surface area contributed by atoms with Gasteiger partial charge >= 0.3 is 0 Å². The second-order valence-corrected chi connectivity index (χ2v) is 1.73. The van der Waals surface area contributed by atoms with E-state index in [1.54, 1.807) is 0 Å². The zero-order valence-electron chi connectivity index (χ0n) is 5.29. The zero-order chi connectivity index (χ0) is 5.11. The van der Waals surface area contributed by atoms with Gasteiger partial charge in [0.05, 0.1) is 0 Å². The van der Waals surface area contributed by atoms with Gasteiger partial charge in [-0.1, -0.05) is 29.8 Å². The van der Waals surface area contributed by atoms with Gasteiger partial charge in [0, 0.05) is 5.02 Å². The van der Waals surface area contributed by atoms with Gasteiger partial charge in [0.1, 0.15) is 0 Å². The number of hydrogen-bond donors (Lipinski definition) is 0. The van der Waals surface area contributed by atoms with Crippen molar-refractivity contribution in [2.45, 2.75) is 0 Å². The Balaban J connectivity index is -0.000000163. The second-order valence-electron chi connectivity index (χ2n) is 1.30. The molecule has 0 saturated carbocycles. The number of halogens is 3. The van der Waals surface area contributed by atoms with Crippen molar-refractivity contribution < 1.29 is 0 Å². The molecule has 0 saturated heterocycles. The Morgan fingerprint density at radius 1 is 0.900 bits per heavy atom.